The number of carbonyl (C=O) groups is 1. The zero-order valence-electron chi connectivity index (χ0n) is 12.8. The molecule has 3 atom stereocenters. The van der Waals surface area contributed by atoms with Gasteiger partial charge in [-0.25, -0.2) is 0 Å². The van der Waals surface area contributed by atoms with Gasteiger partial charge in [-0.15, -0.1) is 0 Å². The van der Waals surface area contributed by atoms with Crippen LogP contribution in [-0.2, 0) is 9.53 Å². The first-order chi connectivity index (χ1) is 9.63. The van der Waals surface area contributed by atoms with Gasteiger partial charge in [-0.2, -0.15) is 0 Å². The van der Waals surface area contributed by atoms with Crippen molar-refractivity contribution in [2.45, 2.75) is 76.7 Å². The Morgan fingerprint density at radius 1 is 1.25 bits per heavy atom. The fraction of sp³-hybridized carbons (Fsp3) is 0.938. The van der Waals surface area contributed by atoms with Crippen molar-refractivity contribution in [3.63, 3.8) is 0 Å². The Labute approximate surface area is 122 Å². The molecule has 0 radical (unpaired) electrons. The lowest BCUT2D eigenvalue weighted by Gasteiger charge is -2.37. The van der Waals surface area contributed by atoms with Crippen molar-refractivity contribution in [1.29, 1.82) is 0 Å². The average Bonchev–Trinajstić information content (AvgIpc) is 3.06. The van der Waals surface area contributed by atoms with E-state index in [0.29, 0.717) is 5.92 Å². The number of ether oxygens (including phenoxy) is 1. The van der Waals surface area contributed by atoms with E-state index in [1.165, 1.54) is 38.6 Å². The number of piperidine rings is 1. The van der Waals surface area contributed by atoms with Gasteiger partial charge in [-0.3, -0.25) is 9.69 Å². The van der Waals surface area contributed by atoms with E-state index in [-0.39, 0.29) is 24.2 Å². The summed E-state index contributed by atoms with van der Waals surface area (Å²) in [4.78, 5) is 14.7. The van der Waals surface area contributed by atoms with Crippen LogP contribution in [0.25, 0.3) is 0 Å². The van der Waals surface area contributed by atoms with Crippen LogP contribution in [0.3, 0.4) is 0 Å². The maximum absolute atomic E-state index is 12.1. The Balaban J connectivity index is 1.54. The smallest absolute Gasteiger partial charge is 0.249 e. The molecule has 3 rings (SSSR count). The molecule has 2 saturated heterocycles. The molecular weight excluding hydrogens is 252 g/mol. The molecule has 114 valence electrons. The van der Waals surface area contributed by atoms with Crippen LogP contribution < -0.4 is 5.32 Å². The summed E-state index contributed by atoms with van der Waals surface area (Å²) in [5.41, 5.74) is 0. The lowest BCUT2D eigenvalue weighted by atomic mass is 9.90. The fourth-order valence-corrected chi connectivity index (χ4v) is 4.10. The highest BCUT2D eigenvalue weighted by Gasteiger charge is 2.43. The first kappa shape index (κ1) is 14.3. The highest BCUT2D eigenvalue weighted by atomic mass is 16.5. The normalized spacial score (nSPS) is 35.5. The van der Waals surface area contributed by atoms with Gasteiger partial charge >= 0.3 is 0 Å². The lowest BCUT2D eigenvalue weighted by molar-refractivity contribution is -0.133. The van der Waals surface area contributed by atoms with E-state index in [1.54, 1.807) is 0 Å². The summed E-state index contributed by atoms with van der Waals surface area (Å²) in [6.45, 7) is 6.25. The summed E-state index contributed by atoms with van der Waals surface area (Å²) in [5, 5.41) is 2.98. The number of carbonyl (C=O) groups excluding carboxylic acids is 1. The summed E-state index contributed by atoms with van der Waals surface area (Å²) in [6, 6.07) is 0.979. The Morgan fingerprint density at radius 2 is 2.00 bits per heavy atom. The van der Waals surface area contributed by atoms with Crippen LogP contribution in [0.5, 0.6) is 0 Å². The van der Waals surface area contributed by atoms with E-state index >= 15 is 0 Å². The van der Waals surface area contributed by atoms with Crippen LogP contribution in [0.4, 0.5) is 0 Å². The van der Waals surface area contributed by atoms with Crippen molar-refractivity contribution < 1.29 is 9.53 Å². The average molecular weight is 280 g/mol. The van der Waals surface area contributed by atoms with Gasteiger partial charge in [0.15, 0.2) is 0 Å². The van der Waals surface area contributed by atoms with Gasteiger partial charge in [-0.05, 0) is 52.0 Å². The van der Waals surface area contributed by atoms with Gasteiger partial charge < -0.3 is 10.1 Å². The molecule has 4 heteroatoms. The van der Waals surface area contributed by atoms with E-state index in [9.17, 15) is 4.79 Å². The number of likely N-dealkylation sites (tertiary alicyclic amines) is 1. The Bertz CT molecular complexity index is 352. The molecule has 0 unspecified atom stereocenters. The highest BCUT2D eigenvalue weighted by Crippen LogP contribution is 2.36. The molecule has 0 aromatic rings. The van der Waals surface area contributed by atoms with Crippen molar-refractivity contribution in [3.8, 4) is 0 Å². The highest BCUT2D eigenvalue weighted by molar-refractivity contribution is 5.81. The molecule has 1 saturated carbocycles. The van der Waals surface area contributed by atoms with E-state index < -0.39 is 0 Å². The molecule has 2 aliphatic heterocycles. The molecule has 0 aromatic carbocycles. The minimum Gasteiger partial charge on any atom is -0.364 e. The maximum atomic E-state index is 12.1. The van der Waals surface area contributed by atoms with Crippen molar-refractivity contribution in [2.24, 2.45) is 5.92 Å². The van der Waals surface area contributed by atoms with E-state index in [0.717, 1.165) is 19.0 Å². The molecular formula is C16H28N2O2. The van der Waals surface area contributed by atoms with Crippen molar-refractivity contribution in [3.05, 3.63) is 0 Å². The molecule has 20 heavy (non-hydrogen) atoms. The van der Waals surface area contributed by atoms with E-state index in [1.807, 2.05) is 13.8 Å². The van der Waals surface area contributed by atoms with Gasteiger partial charge in [0.25, 0.3) is 0 Å². The lowest BCUT2D eigenvalue weighted by Crippen LogP contribution is -2.46. The van der Waals surface area contributed by atoms with Crippen LogP contribution in [0.15, 0.2) is 0 Å². The largest absolute Gasteiger partial charge is 0.364 e. The quantitative estimate of drug-likeness (QED) is 0.859. The fourth-order valence-electron chi connectivity index (χ4n) is 4.10. The van der Waals surface area contributed by atoms with E-state index in [2.05, 4.69) is 10.2 Å². The number of nitrogens with zero attached hydrogens (tertiary/aromatic N) is 1. The number of hydrogen-bond donors (Lipinski definition) is 1. The Kier molecular flexibility index (Phi) is 4.32. The molecule has 4 nitrogen and oxygen atoms in total. The van der Waals surface area contributed by atoms with Gasteiger partial charge in [0.1, 0.15) is 6.10 Å². The zero-order chi connectivity index (χ0) is 14.1. The van der Waals surface area contributed by atoms with Gasteiger partial charge in [0.2, 0.25) is 5.91 Å². The molecule has 1 N–H and O–H groups in total. The topological polar surface area (TPSA) is 41.6 Å². The number of hydrogen-bond acceptors (Lipinski definition) is 3. The number of amides is 1. The predicted molar refractivity (Wildman–Crippen MR) is 78.5 cm³/mol. The second-order valence-corrected chi connectivity index (χ2v) is 7.04. The second-order valence-electron chi connectivity index (χ2n) is 7.04. The van der Waals surface area contributed by atoms with Crippen LogP contribution in [-0.4, -0.2) is 48.2 Å². The van der Waals surface area contributed by atoms with Gasteiger partial charge in [0.05, 0.1) is 6.10 Å². The predicted octanol–water partition coefficient (Wildman–Crippen LogP) is 1.93. The third kappa shape index (κ3) is 3.01. The SMILES string of the molecule is CC(C)NC(=O)[C@H]1C[C@@H]2CCN(C3CCCC3)C[C@@H]2O1. The summed E-state index contributed by atoms with van der Waals surface area (Å²) in [7, 11) is 0. The monoisotopic (exact) mass is 280 g/mol. The number of rotatable bonds is 3. The zero-order valence-corrected chi connectivity index (χ0v) is 12.8. The third-order valence-electron chi connectivity index (χ3n) is 5.15. The molecule has 3 fully saturated rings. The molecule has 3 aliphatic rings. The molecule has 0 spiro atoms. The molecule has 2 heterocycles. The van der Waals surface area contributed by atoms with Crippen LogP contribution in [0.1, 0.15) is 52.4 Å². The third-order valence-corrected chi connectivity index (χ3v) is 5.15. The summed E-state index contributed by atoms with van der Waals surface area (Å²) >= 11 is 0. The Hall–Kier alpha value is -0.610. The number of nitrogens with one attached hydrogen (secondary N) is 1. The first-order valence-corrected chi connectivity index (χ1v) is 8.33. The molecule has 1 aliphatic carbocycles. The summed E-state index contributed by atoms with van der Waals surface area (Å²) in [6.07, 6.45) is 7.67. The first-order valence-electron chi connectivity index (χ1n) is 8.33. The van der Waals surface area contributed by atoms with Crippen LogP contribution in [0, 0.1) is 5.92 Å². The molecule has 0 aromatic heterocycles. The van der Waals surface area contributed by atoms with Crippen molar-refractivity contribution in [1.82, 2.24) is 10.2 Å². The van der Waals surface area contributed by atoms with Crippen LogP contribution in [0.2, 0.25) is 0 Å². The molecule has 0 bridgehead atoms. The second kappa shape index (κ2) is 6.02. The minimum atomic E-state index is -0.212. The summed E-state index contributed by atoms with van der Waals surface area (Å²) in [5.74, 6) is 0.678. The van der Waals surface area contributed by atoms with Gasteiger partial charge in [-0.1, -0.05) is 12.8 Å². The summed E-state index contributed by atoms with van der Waals surface area (Å²) < 4.78 is 6.06. The Morgan fingerprint density at radius 3 is 2.70 bits per heavy atom. The minimum absolute atomic E-state index is 0.0850. The van der Waals surface area contributed by atoms with Gasteiger partial charge in [0, 0.05) is 18.6 Å². The van der Waals surface area contributed by atoms with Crippen LogP contribution >= 0.6 is 0 Å². The standard InChI is InChI=1S/C16H28N2O2/c1-11(2)17-16(19)14-9-12-7-8-18(10-15(12)20-14)13-5-3-4-6-13/h11-15H,3-10H2,1-2H3,(H,17,19)/t12-,14+,15-/m0/s1. The van der Waals surface area contributed by atoms with Crippen molar-refractivity contribution >= 4 is 5.91 Å². The van der Waals surface area contributed by atoms with Crippen molar-refractivity contribution in [2.75, 3.05) is 13.1 Å². The van der Waals surface area contributed by atoms with E-state index in [4.69, 9.17) is 4.74 Å². The number of fused-ring (bicyclic) bond motifs is 1. The maximum Gasteiger partial charge on any atom is 0.249 e. The molecule has 1 amide bonds.